The third kappa shape index (κ3) is 4.20. The molecule has 1 saturated carbocycles. The van der Waals surface area contributed by atoms with Gasteiger partial charge in [0.15, 0.2) is 0 Å². The van der Waals surface area contributed by atoms with Gasteiger partial charge in [0.05, 0.1) is 6.67 Å². The van der Waals surface area contributed by atoms with Crippen molar-refractivity contribution in [1.82, 2.24) is 10.2 Å². The summed E-state index contributed by atoms with van der Waals surface area (Å²) in [6, 6.07) is 1.45. The van der Waals surface area contributed by atoms with E-state index >= 15 is 0 Å². The molecule has 1 aliphatic carbocycles. The van der Waals surface area contributed by atoms with Crippen LogP contribution in [0.1, 0.15) is 51.9 Å². The van der Waals surface area contributed by atoms with Gasteiger partial charge in [0.1, 0.15) is 0 Å². The predicted octanol–water partition coefficient (Wildman–Crippen LogP) is 2.98. The number of hydrogen-bond donors (Lipinski definition) is 1. The van der Waals surface area contributed by atoms with Crippen molar-refractivity contribution in [2.45, 2.75) is 64.0 Å². The number of rotatable bonds is 8. The van der Waals surface area contributed by atoms with Crippen molar-refractivity contribution in [3.8, 4) is 0 Å². The third-order valence-electron chi connectivity index (χ3n) is 4.46. The zero-order chi connectivity index (χ0) is 12.8. The number of piperazine rings is 1. The van der Waals surface area contributed by atoms with Crippen LogP contribution >= 0.6 is 0 Å². The van der Waals surface area contributed by atoms with E-state index in [9.17, 15) is 4.39 Å². The van der Waals surface area contributed by atoms with Gasteiger partial charge in [-0.1, -0.05) is 13.3 Å². The molecule has 0 radical (unpaired) electrons. The molecule has 0 aromatic heterocycles. The largest absolute Gasteiger partial charge is 0.311 e. The second-order valence-corrected chi connectivity index (χ2v) is 6.04. The highest BCUT2D eigenvalue weighted by molar-refractivity contribution is 4.94. The first-order valence-electron chi connectivity index (χ1n) is 7.88. The molecule has 0 amide bonds. The molecule has 3 heteroatoms. The summed E-state index contributed by atoms with van der Waals surface area (Å²) in [5.41, 5.74) is 0. The molecule has 1 saturated heterocycles. The molecule has 0 aromatic carbocycles. The number of halogens is 1. The molecule has 0 bridgehead atoms. The van der Waals surface area contributed by atoms with Crippen LogP contribution in [0, 0.1) is 5.92 Å². The Bertz CT molecular complexity index is 231. The Hall–Kier alpha value is -0.150. The Morgan fingerprint density at radius 2 is 2.06 bits per heavy atom. The molecule has 106 valence electrons. The van der Waals surface area contributed by atoms with Gasteiger partial charge in [-0.25, -0.2) is 0 Å². The van der Waals surface area contributed by atoms with Gasteiger partial charge in [0, 0.05) is 25.2 Å². The molecule has 1 heterocycles. The highest BCUT2D eigenvalue weighted by Crippen LogP contribution is 2.34. The van der Waals surface area contributed by atoms with Gasteiger partial charge >= 0.3 is 0 Å². The first-order valence-corrected chi connectivity index (χ1v) is 7.88. The van der Waals surface area contributed by atoms with Gasteiger partial charge in [0.2, 0.25) is 0 Å². The van der Waals surface area contributed by atoms with Crippen molar-refractivity contribution in [2.75, 3.05) is 26.3 Å². The van der Waals surface area contributed by atoms with Crippen LogP contribution in [0.2, 0.25) is 0 Å². The Morgan fingerprint density at radius 1 is 1.22 bits per heavy atom. The fourth-order valence-corrected chi connectivity index (χ4v) is 3.17. The summed E-state index contributed by atoms with van der Waals surface area (Å²) in [4.78, 5) is 2.68. The highest BCUT2D eigenvalue weighted by Gasteiger charge is 2.36. The van der Waals surface area contributed by atoms with E-state index in [2.05, 4.69) is 17.1 Å². The van der Waals surface area contributed by atoms with Crippen LogP contribution in [0.15, 0.2) is 0 Å². The third-order valence-corrected chi connectivity index (χ3v) is 4.46. The lowest BCUT2D eigenvalue weighted by atomic mass is 10.0. The van der Waals surface area contributed by atoms with Crippen LogP contribution in [0.4, 0.5) is 4.39 Å². The Morgan fingerprint density at radius 3 is 2.72 bits per heavy atom. The molecular weight excluding hydrogens is 227 g/mol. The van der Waals surface area contributed by atoms with E-state index in [0.29, 0.717) is 0 Å². The van der Waals surface area contributed by atoms with E-state index < -0.39 is 0 Å². The summed E-state index contributed by atoms with van der Waals surface area (Å²) in [6.07, 6.45) is 8.37. The van der Waals surface area contributed by atoms with Gasteiger partial charge in [-0.05, 0) is 51.0 Å². The Kier molecular flexibility index (Phi) is 5.90. The van der Waals surface area contributed by atoms with Gasteiger partial charge in [0.25, 0.3) is 0 Å². The van der Waals surface area contributed by atoms with Crippen molar-refractivity contribution < 1.29 is 4.39 Å². The number of hydrogen-bond acceptors (Lipinski definition) is 2. The smallest absolute Gasteiger partial charge is 0.0894 e. The lowest BCUT2D eigenvalue weighted by Gasteiger charge is -2.41. The Labute approximate surface area is 111 Å². The number of unbranched alkanes of at least 4 members (excludes halogenated alkanes) is 2. The Balaban J connectivity index is 1.75. The van der Waals surface area contributed by atoms with Crippen LogP contribution in [-0.4, -0.2) is 43.3 Å². The van der Waals surface area contributed by atoms with Gasteiger partial charge in [-0.2, -0.15) is 0 Å². The van der Waals surface area contributed by atoms with Crippen molar-refractivity contribution >= 4 is 0 Å². The lowest BCUT2D eigenvalue weighted by Crippen LogP contribution is -2.57. The SMILES string of the molecule is CCCC1CNC(C2CC2)CN1CCCCCF. The minimum Gasteiger partial charge on any atom is -0.311 e. The van der Waals surface area contributed by atoms with E-state index in [1.807, 2.05) is 0 Å². The van der Waals surface area contributed by atoms with Crippen LogP contribution in [0.25, 0.3) is 0 Å². The molecule has 1 aliphatic heterocycles. The summed E-state index contributed by atoms with van der Waals surface area (Å²) >= 11 is 0. The van der Waals surface area contributed by atoms with Gasteiger partial charge in [-0.3, -0.25) is 9.29 Å². The molecule has 0 spiro atoms. The monoisotopic (exact) mass is 256 g/mol. The average Bonchev–Trinajstić information content (AvgIpc) is 3.21. The predicted molar refractivity (Wildman–Crippen MR) is 74.6 cm³/mol. The molecule has 2 aliphatic rings. The van der Waals surface area contributed by atoms with Crippen molar-refractivity contribution in [3.05, 3.63) is 0 Å². The van der Waals surface area contributed by atoms with Crippen molar-refractivity contribution in [1.29, 1.82) is 0 Å². The topological polar surface area (TPSA) is 15.3 Å². The van der Waals surface area contributed by atoms with Crippen LogP contribution in [-0.2, 0) is 0 Å². The molecule has 18 heavy (non-hydrogen) atoms. The number of alkyl halides is 1. The van der Waals surface area contributed by atoms with Crippen LogP contribution in [0.5, 0.6) is 0 Å². The molecule has 0 aromatic rings. The summed E-state index contributed by atoms with van der Waals surface area (Å²) < 4.78 is 12.1. The fraction of sp³-hybridized carbons (Fsp3) is 1.00. The summed E-state index contributed by atoms with van der Waals surface area (Å²) in [7, 11) is 0. The molecule has 2 rings (SSSR count). The van der Waals surface area contributed by atoms with Crippen LogP contribution < -0.4 is 5.32 Å². The summed E-state index contributed by atoms with van der Waals surface area (Å²) in [5.74, 6) is 0.945. The van der Waals surface area contributed by atoms with Crippen LogP contribution in [0.3, 0.4) is 0 Å². The van der Waals surface area contributed by atoms with Gasteiger partial charge < -0.3 is 5.32 Å². The standard InChI is InChI=1S/C15H29FN2/c1-2-6-14-11-17-15(13-7-8-13)12-18(14)10-5-3-4-9-16/h13-15,17H,2-12H2,1H3. The minimum atomic E-state index is -0.148. The first-order chi connectivity index (χ1) is 8.85. The lowest BCUT2D eigenvalue weighted by molar-refractivity contribution is 0.113. The average molecular weight is 256 g/mol. The maximum Gasteiger partial charge on any atom is 0.0894 e. The second kappa shape index (κ2) is 7.44. The molecule has 2 nitrogen and oxygen atoms in total. The molecular formula is C15H29FN2. The quantitative estimate of drug-likeness (QED) is 0.672. The maximum absolute atomic E-state index is 12.1. The van der Waals surface area contributed by atoms with Crippen molar-refractivity contribution in [3.63, 3.8) is 0 Å². The van der Waals surface area contributed by atoms with E-state index in [4.69, 9.17) is 0 Å². The summed E-state index contributed by atoms with van der Waals surface area (Å²) in [5, 5.41) is 3.75. The molecule has 2 unspecified atom stereocenters. The van der Waals surface area contributed by atoms with E-state index in [1.54, 1.807) is 0 Å². The highest BCUT2D eigenvalue weighted by atomic mass is 19.1. The molecule has 2 atom stereocenters. The van der Waals surface area contributed by atoms with E-state index in [1.165, 1.54) is 45.2 Å². The number of nitrogens with one attached hydrogen (secondary N) is 1. The summed E-state index contributed by atoms with van der Waals surface area (Å²) in [6.45, 7) is 5.69. The fourth-order valence-electron chi connectivity index (χ4n) is 3.17. The number of nitrogens with zero attached hydrogens (tertiary/aromatic N) is 1. The molecule has 2 fully saturated rings. The van der Waals surface area contributed by atoms with E-state index in [0.717, 1.165) is 37.4 Å². The second-order valence-electron chi connectivity index (χ2n) is 6.04. The maximum atomic E-state index is 12.1. The van der Waals surface area contributed by atoms with E-state index in [-0.39, 0.29) is 6.67 Å². The van der Waals surface area contributed by atoms with Crippen molar-refractivity contribution in [2.24, 2.45) is 5.92 Å². The molecule has 1 N–H and O–H groups in total. The minimum absolute atomic E-state index is 0.148. The normalized spacial score (nSPS) is 29.7. The van der Waals surface area contributed by atoms with Gasteiger partial charge in [-0.15, -0.1) is 0 Å². The zero-order valence-corrected chi connectivity index (χ0v) is 11.8. The zero-order valence-electron chi connectivity index (χ0n) is 11.8. The first kappa shape index (κ1) is 14.3.